The highest BCUT2D eigenvalue weighted by Gasteiger charge is 2.35. The number of rotatable bonds is 10. The minimum absolute atomic E-state index is 0.0724. The van der Waals surface area contributed by atoms with E-state index < -0.39 is 14.1 Å². The lowest BCUT2D eigenvalue weighted by Crippen LogP contribution is -2.37. The molecule has 14 heteroatoms. The van der Waals surface area contributed by atoms with Gasteiger partial charge in [0.15, 0.2) is 11.2 Å². The third kappa shape index (κ3) is 7.09. The Morgan fingerprint density at radius 2 is 1.03 bits per heavy atom. The van der Waals surface area contributed by atoms with Crippen molar-refractivity contribution in [2.45, 2.75) is 13.6 Å². The van der Waals surface area contributed by atoms with E-state index in [0.29, 0.717) is 65.1 Å². The van der Waals surface area contributed by atoms with Gasteiger partial charge in [-0.25, -0.2) is 14.8 Å². The number of halogens is 2. The average Bonchev–Trinajstić information content (AvgIpc) is 4.13. The van der Waals surface area contributed by atoms with Crippen LogP contribution in [0.2, 0.25) is 23.7 Å². The van der Waals surface area contributed by atoms with Crippen molar-refractivity contribution in [1.29, 1.82) is 5.26 Å². The van der Waals surface area contributed by atoms with Crippen LogP contribution in [0.5, 0.6) is 0 Å². The van der Waals surface area contributed by atoms with Gasteiger partial charge in [0.25, 0.3) is 5.70 Å². The molecule has 0 aliphatic heterocycles. The normalized spacial score (nSPS) is 12.4. The van der Waals surface area contributed by atoms with Gasteiger partial charge < -0.3 is 27.1 Å². The van der Waals surface area contributed by atoms with Gasteiger partial charge in [0.05, 0.1) is 17.3 Å². The molecule has 0 fully saturated rings. The zero-order valence-electron chi connectivity index (χ0n) is 36.1. The Morgan fingerprint density at radius 1 is 0.606 bits per heavy atom. The molecule has 0 radical (unpaired) electrons. The summed E-state index contributed by atoms with van der Waals surface area (Å²) in [5.74, 6) is 0.147. The van der Waals surface area contributed by atoms with Crippen LogP contribution in [0, 0.1) is 17.9 Å². The largest absolute Gasteiger partial charge is 0.447 e. The van der Waals surface area contributed by atoms with Crippen molar-refractivity contribution in [1.82, 2.24) is 18.9 Å². The molecule has 10 rings (SSSR count). The minimum atomic E-state index is -0.713. The van der Waals surface area contributed by atoms with Crippen LogP contribution in [0.1, 0.15) is 11.8 Å². The van der Waals surface area contributed by atoms with Crippen LogP contribution in [-0.4, -0.2) is 47.2 Å². The molecular formula is C52H36B2Cl2N6O4. The number of nitrogens with zero attached hydrogens (tertiary/aromatic N) is 6. The Hall–Kier alpha value is -7.57. The zero-order chi connectivity index (χ0) is 45.6. The number of hydrogen-bond donors (Lipinski definition) is 0. The molecule has 10 aromatic rings. The molecule has 6 aromatic carbocycles. The lowest BCUT2D eigenvalue weighted by Gasteiger charge is -2.20. The van der Waals surface area contributed by atoms with E-state index in [1.165, 1.54) is 0 Å². The lowest BCUT2D eigenvalue weighted by atomic mass is 9.84. The first-order chi connectivity index (χ1) is 32.2. The summed E-state index contributed by atoms with van der Waals surface area (Å²) in [4.78, 5) is 14.1. The van der Waals surface area contributed by atoms with Crippen molar-refractivity contribution in [2.75, 3.05) is 14.2 Å². The van der Waals surface area contributed by atoms with Crippen molar-refractivity contribution in [3.05, 3.63) is 190 Å². The third-order valence-corrected chi connectivity index (χ3v) is 12.4. The van der Waals surface area contributed by atoms with Gasteiger partial charge in [0, 0.05) is 69.7 Å². The second kappa shape index (κ2) is 17.4. The smallest absolute Gasteiger partial charge is 0.416 e. The molecular weight excluding hydrogens is 865 g/mol. The number of nitriles is 1. The maximum atomic E-state index is 11.6. The molecule has 0 saturated heterocycles. The Morgan fingerprint density at radius 3 is 1.50 bits per heavy atom. The summed E-state index contributed by atoms with van der Waals surface area (Å²) < 4.78 is 29.6. The molecule has 318 valence electrons. The number of aromatic nitrogens is 4. The second-order valence-corrected chi connectivity index (χ2v) is 16.5. The predicted octanol–water partition coefficient (Wildman–Crippen LogP) is 11.7. The third-order valence-electron chi connectivity index (χ3n) is 11.9. The summed E-state index contributed by atoms with van der Waals surface area (Å²) in [5.41, 5.74) is 8.68. The molecule has 10 nitrogen and oxygen atoms in total. The fourth-order valence-electron chi connectivity index (χ4n) is 8.88. The lowest BCUT2D eigenvalue weighted by molar-refractivity contribution is 0.415. The first-order valence-corrected chi connectivity index (χ1v) is 21.8. The van der Waals surface area contributed by atoms with Gasteiger partial charge in [-0.15, -0.1) is 0 Å². The van der Waals surface area contributed by atoms with Crippen LogP contribution in [0.4, 0.5) is 0 Å². The van der Waals surface area contributed by atoms with E-state index in [2.05, 4.69) is 47.3 Å². The van der Waals surface area contributed by atoms with Crippen molar-refractivity contribution in [3.8, 4) is 50.8 Å². The average molecular weight is 901 g/mol. The van der Waals surface area contributed by atoms with Gasteiger partial charge in [0.2, 0.25) is 11.8 Å². The molecule has 4 aromatic heterocycles. The van der Waals surface area contributed by atoms with Crippen molar-refractivity contribution in [3.63, 3.8) is 0 Å². The van der Waals surface area contributed by atoms with Gasteiger partial charge in [-0.1, -0.05) is 132 Å². The van der Waals surface area contributed by atoms with E-state index in [9.17, 15) is 5.26 Å². The molecule has 0 atom stereocenters. The zero-order valence-corrected chi connectivity index (χ0v) is 37.6. The van der Waals surface area contributed by atoms with E-state index >= 15 is 0 Å². The molecule has 4 heterocycles. The highest BCUT2D eigenvalue weighted by atomic mass is 35.5. The summed E-state index contributed by atoms with van der Waals surface area (Å²) in [6.45, 7) is 12.9. The number of hydrogen-bond acceptors (Lipinski definition) is 7. The molecule has 0 saturated carbocycles. The monoisotopic (exact) mass is 900 g/mol. The highest BCUT2D eigenvalue weighted by Crippen LogP contribution is 2.42. The van der Waals surface area contributed by atoms with E-state index in [-0.39, 0.29) is 23.1 Å². The highest BCUT2D eigenvalue weighted by molar-refractivity contribution is 6.51. The van der Waals surface area contributed by atoms with E-state index in [4.69, 9.17) is 57.9 Å². The number of benzene rings is 6. The maximum absolute atomic E-state index is 11.6. The van der Waals surface area contributed by atoms with Gasteiger partial charge in [-0.2, -0.15) is 5.26 Å². The summed E-state index contributed by atoms with van der Waals surface area (Å²) in [6, 6.07) is 49.2. The van der Waals surface area contributed by atoms with Crippen molar-refractivity contribution in [2.24, 2.45) is 0 Å². The SMILES string of the molecule is [C-]#[N+]/C(c1nc2ccc(Cl)cc2o1)=c1\c2c(-c3ccccc3-c3ccccc3)n(B(C)OC)/c(=C(/C#N)c3nc4ccc(Cl)cc4o3)c2c(-c2ccccc2-c2ccccc2)n1B(C)OC. The Labute approximate surface area is 390 Å². The van der Waals surface area contributed by atoms with Crippen LogP contribution < -0.4 is 10.7 Å². The molecule has 0 spiro atoms. The second-order valence-electron chi connectivity index (χ2n) is 15.6. The number of oxazole rings is 2. The van der Waals surface area contributed by atoms with Crippen LogP contribution >= 0.6 is 23.2 Å². The van der Waals surface area contributed by atoms with Crippen LogP contribution in [0.15, 0.2) is 154 Å². The summed E-state index contributed by atoms with van der Waals surface area (Å²) in [5, 5.41) is 14.6. The Balaban J connectivity index is 1.56. The summed E-state index contributed by atoms with van der Waals surface area (Å²) in [6.07, 6.45) is 0. The summed E-state index contributed by atoms with van der Waals surface area (Å²) >= 11 is 12.9. The van der Waals surface area contributed by atoms with E-state index in [1.54, 1.807) is 50.6 Å². The van der Waals surface area contributed by atoms with E-state index in [1.807, 2.05) is 95.4 Å². The molecule has 0 amide bonds. The molecule has 0 N–H and O–H groups in total. The predicted molar refractivity (Wildman–Crippen MR) is 264 cm³/mol. The first-order valence-electron chi connectivity index (χ1n) is 21.1. The molecule has 0 aliphatic rings. The topological polar surface area (TPSA) is 109 Å². The molecule has 0 unspecified atom stereocenters. The first kappa shape index (κ1) is 42.4. The van der Waals surface area contributed by atoms with Crippen LogP contribution in [-0.2, 0) is 9.31 Å². The van der Waals surface area contributed by atoms with Gasteiger partial charge in [-0.3, -0.25) is 0 Å². The van der Waals surface area contributed by atoms with Crippen LogP contribution in [0.3, 0.4) is 0 Å². The molecule has 0 aliphatic carbocycles. The standard InChI is InChI=1S/C52H36B2Cl2N6O4/c1-53(63-4)61-48(38-23-15-13-21-36(38)32-18-10-7-11-19-32)45-44(49(61)39(30-57)51-59-40-26-24-33(55)28-42(40)65-51)47(37-22-14-12-20-35(37)31-16-8-6-9-17-31)62(54(2)64-5)50(45)46(58-3)52-60-41-27-25-34(56)29-43(41)66-52/h6-29H,1-2,4-5H3/b49-39-,50-46+. The van der Waals surface area contributed by atoms with Gasteiger partial charge in [-0.05, 0) is 60.2 Å². The fourth-order valence-corrected chi connectivity index (χ4v) is 9.20. The summed E-state index contributed by atoms with van der Waals surface area (Å²) in [7, 11) is 1.83. The fraction of sp³-hybridized carbons (Fsp3) is 0.0769. The molecule has 0 bridgehead atoms. The minimum Gasteiger partial charge on any atom is -0.447 e. The quantitative estimate of drug-likeness (QED) is 0.0993. The Bertz CT molecular complexity index is 3490. The molecule has 66 heavy (non-hydrogen) atoms. The van der Waals surface area contributed by atoms with Crippen molar-refractivity contribution >= 4 is 81.5 Å². The van der Waals surface area contributed by atoms with Crippen molar-refractivity contribution < 1.29 is 18.1 Å². The van der Waals surface area contributed by atoms with E-state index in [0.717, 1.165) is 33.4 Å². The van der Waals surface area contributed by atoms with Crippen LogP contribution in [0.25, 0.3) is 93.9 Å². The Kier molecular flexibility index (Phi) is 11.2. The van der Waals surface area contributed by atoms with Gasteiger partial charge in [0.1, 0.15) is 22.7 Å². The van der Waals surface area contributed by atoms with Gasteiger partial charge >= 0.3 is 14.1 Å². The maximum Gasteiger partial charge on any atom is 0.416 e. The number of fused-ring (bicyclic) bond motifs is 3.